The molecule has 2 aromatic carbocycles. The molecule has 7 heteroatoms. The number of amides is 1. The molecule has 0 saturated heterocycles. The van der Waals surface area contributed by atoms with E-state index in [1.807, 2.05) is 26.2 Å². The lowest BCUT2D eigenvalue weighted by Crippen LogP contribution is -2.34. The maximum absolute atomic E-state index is 12.4. The highest BCUT2D eigenvalue weighted by molar-refractivity contribution is 6.30. The van der Waals surface area contributed by atoms with Crippen molar-refractivity contribution in [2.45, 2.75) is 32.2 Å². The second kappa shape index (κ2) is 10.4. The molecule has 0 spiro atoms. The summed E-state index contributed by atoms with van der Waals surface area (Å²) in [5.41, 5.74) is 3.31. The SMILES string of the molecule is CCc1ccc(C(CNC(=O)CCc2nc(-c3ccc(Cl)cc3)no2)N(C)C)cc1. The second-order valence-electron chi connectivity index (χ2n) is 7.40. The van der Waals surface area contributed by atoms with Gasteiger partial charge in [0.05, 0.1) is 6.04 Å². The molecule has 0 aliphatic heterocycles. The van der Waals surface area contributed by atoms with Crippen LogP contribution in [0, 0.1) is 0 Å². The zero-order valence-corrected chi connectivity index (χ0v) is 18.3. The Morgan fingerprint density at radius 2 is 1.83 bits per heavy atom. The summed E-state index contributed by atoms with van der Waals surface area (Å²) in [5.74, 6) is 0.887. The van der Waals surface area contributed by atoms with Crippen LogP contribution in [0.15, 0.2) is 53.1 Å². The standard InChI is InChI=1S/C23H27ClN4O2/c1-4-16-5-7-17(8-6-16)20(28(2)3)15-25-21(29)13-14-22-26-23(27-30-22)18-9-11-19(24)12-10-18/h5-12,20H,4,13-15H2,1-3H3,(H,25,29). The van der Waals surface area contributed by atoms with Crippen LogP contribution in [-0.2, 0) is 17.6 Å². The summed E-state index contributed by atoms with van der Waals surface area (Å²) < 4.78 is 5.27. The molecule has 0 aliphatic rings. The molecule has 0 saturated carbocycles. The van der Waals surface area contributed by atoms with Crippen LogP contribution in [0.2, 0.25) is 5.02 Å². The Hall–Kier alpha value is -2.70. The number of carbonyl (C=O) groups is 1. The Morgan fingerprint density at radius 3 is 2.47 bits per heavy atom. The molecule has 0 aliphatic carbocycles. The van der Waals surface area contributed by atoms with Crippen LogP contribution < -0.4 is 5.32 Å². The van der Waals surface area contributed by atoms with Crippen molar-refractivity contribution in [2.24, 2.45) is 0 Å². The third-order valence-electron chi connectivity index (χ3n) is 5.03. The highest BCUT2D eigenvalue weighted by Crippen LogP contribution is 2.20. The first-order valence-electron chi connectivity index (χ1n) is 10.1. The zero-order valence-electron chi connectivity index (χ0n) is 17.6. The molecule has 3 aromatic rings. The van der Waals surface area contributed by atoms with Gasteiger partial charge in [-0.05, 0) is 55.9 Å². The first-order chi connectivity index (χ1) is 14.5. The Bertz CT molecular complexity index is 952. The molecule has 6 nitrogen and oxygen atoms in total. The molecular formula is C23H27ClN4O2. The summed E-state index contributed by atoms with van der Waals surface area (Å²) in [4.78, 5) is 18.8. The number of halogens is 1. The van der Waals surface area contributed by atoms with Crippen molar-refractivity contribution >= 4 is 17.5 Å². The number of hydrogen-bond donors (Lipinski definition) is 1. The van der Waals surface area contributed by atoms with Gasteiger partial charge in [-0.1, -0.05) is 47.9 Å². The molecule has 1 amide bonds. The number of benzene rings is 2. The van der Waals surface area contributed by atoms with E-state index in [0.29, 0.717) is 29.7 Å². The molecule has 0 bridgehead atoms. The molecule has 1 aromatic heterocycles. The van der Waals surface area contributed by atoms with Crippen LogP contribution in [0.4, 0.5) is 0 Å². The van der Waals surface area contributed by atoms with Crippen LogP contribution >= 0.6 is 11.6 Å². The molecule has 1 heterocycles. The van der Waals surface area contributed by atoms with Gasteiger partial charge in [-0.15, -0.1) is 0 Å². The lowest BCUT2D eigenvalue weighted by atomic mass is 10.0. The van der Waals surface area contributed by atoms with Crippen molar-refractivity contribution in [3.8, 4) is 11.4 Å². The van der Waals surface area contributed by atoms with Crippen LogP contribution in [0.3, 0.4) is 0 Å². The Balaban J connectivity index is 1.51. The third-order valence-corrected chi connectivity index (χ3v) is 5.28. The molecule has 3 rings (SSSR count). The van der Waals surface area contributed by atoms with E-state index >= 15 is 0 Å². The molecule has 30 heavy (non-hydrogen) atoms. The van der Waals surface area contributed by atoms with Gasteiger partial charge in [-0.25, -0.2) is 0 Å². The fourth-order valence-corrected chi connectivity index (χ4v) is 3.29. The number of nitrogens with zero attached hydrogens (tertiary/aromatic N) is 3. The van der Waals surface area contributed by atoms with Crippen LogP contribution in [0.25, 0.3) is 11.4 Å². The van der Waals surface area contributed by atoms with Crippen LogP contribution in [0.1, 0.15) is 36.4 Å². The number of carbonyl (C=O) groups excluding carboxylic acids is 1. The van der Waals surface area contributed by atoms with E-state index in [0.717, 1.165) is 12.0 Å². The quantitative estimate of drug-likeness (QED) is 0.552. The van der Waals surface area contributed by atoms with Crippen molar-refractivity contribution in [1.82, 2.24) is 20.4 Å². The number of likely N-dealkylation sites (N-methyl/N-ethyl adjacent to an activating group) is 1. The van der Waals surface area contributed by atoms with E-state index in [-0.39, 0.29) is 18.4 Å². The number of aromatic nitrogens is 2. The van der Waals surface area contributed by atoms with Gasteiger partial charge in [0, 0.05) is 30.0 Å². The fraction of sp³-hybridized carbons (Fsp3) is 0.348. The van der Waals surface area contributed by atoms with Crippen LogP contribution in [0.5, 0.6) is 0 Å². The molecule has 158 valence electrons. The lowest BCUT2D eigenvalue weighted by molar-refractivity contribution is -0.121. The number of aryl methyl sites for hydroxylation is 2. The van der Waals surface area contributed by atoms with Crippen molar-refractivity contribution in [3.05, 3.63) is 70.6 Å². The van der Waals surface area contributed by atoms with Crippen molar-refractivity contribution in [2.75, 3.05) is 20.6 Å². The maximum atomic E-state index is 12.4. The summed E-state index contributed by atoms with van der Waals surface area (Å²) in [6, 6.07) is 15.9. The van der Waals surface area contributed by atoms with E-state index in [4.69, 9.17) is 16.1 Å². The predicted molar refractivity (Wildman–Crippen MR) is 118 cm³/mol. The summed E-state index contributed by atoms with van der Waals surface area (Å²) >= 11 is 5.90. The average Bonchev–Trinajstić information content (AvgIpc) is 3.22. The van der Waals surface area contributed by atoms with Gasteiger partial charge in [0.2, 0.25) is 17.6 Å². The summed E-state index contributed by atoms with van der Waals surface area (Å²) in [5, 5.41) is 7.65. The van der Waals surface area contributed by atoms with Gasteiger partial charge in [0.1, 0.15) is 0 Å². The summed E-state index contributed by atoms with van der Waals surface area (Å²) in [6.07, 6.45) is 1.69. The van der Waals surface area contributed by atoms with E-state index < -0.39 is 0 Å². The molecule has 1 N–H and O–H groups in total. The maximum Gasteiger partial charge on any atom is 0.227 e. The van der Waals surface area contributed by atoms with Gasteiger partial charge in [0.15, 0.2) is 0 Å². The molecule has 0 radical (unpaired) electrons. The van der Waals surface area contributed by atoms with E-state index in [2.05, 4.69) is 51.5 Å². The molecule has 1 unspecified atom stereocenters. The van der Waals surface area contributed by atoms with Gasteiger partial charge in [0.25, 0.3) is 0 Å². The number of nitrogens with one attached hydrogen (secondary N) is 1. The van der Waals surface area contributed by atoms with Crippen LogP contribution in [-0.4, -0.2) is 41.6 Å². The zero-order chi connectivity index (χ0) is 21.5. The van der Waals surface area contributed by atoms with E-state index in [9.17, 15) is 4.79 Å². The minimum absolute atomic E-state index is 0.0433. The average molecular weight is 427 g/mol. The van der Waals surface area contributed by atoms with Gasteiger partial charge < -0.3 is 14.7 Å². The molecule has 1 atom stereocenters. The van der Waals surface area contributed by atoms with Crippen molar-refractivity contribution in [1.29, 1.82) is 0 Å². The van der Waals surface area contributed by atoms with Gasteiger partial charge in [-0.3, -0.25) is 4.79 Å². The fourth-order valence-electron chi connectivity index (χ4n) is 3.17. The number of hydrogen-bond acceptors (Lipinski definition) is 5. The summed E-state index contributed by atoms with van der Waals surface area (Å²) in [7, 11) is 4.03. The van der Waals surface area contributed by atoms with Crippen molar-refractivity contribution < 1.29 is 9.32 Å². The topological polar surface area (TPSA) is 71.3 Å². The molecular weight excluding hydrogens is 400 g/mol. The minimum Gasteiger partial charge on any atom is -0.354 e. The monoisotopic (exact) mass is 426 g/mol. The largest absolute Gasteiger partial charge is 0.354 e. The Kier molecular flexibility index (Phi) is 7.60. The smallest absolute Gasteiger partial charge is 0.227 e. The summed E-state index contributed by atoms with van der Waals surface area (Å²) in [6.45, 7) is 2.68. The Morgan fingerprint density at radius 1 is 1.13 bits per heavy atom. The second-order valence-corrected chi connectivity index (χ2v) is 7.83. The van der Waals surface area contributed by atoms with Gasteiger partial charge in [-0.2, -0.15) is 4.98 Å². The predicted octanol–water partition coefficient (Wildman–Crippen LogP) is 4.30. The molecule has 0 fully saturated rings. The van der Waals surface area contributed by atoms with Crippen molar-refractivity contribution in [3.63, 3.8) is 0 Å². The third kappa shape index (κ3) is 5.90. The Labute approximate surface area is 182 Å². The minimum atomic E-state index is -0.0433. The van der Waals surface area contributed by atoms with Gasteiger partial charge >= 0.3 is 0 Å². The van der Waals surface area contributed by atoms with E-state index in [1.54, 1.807) is 12.1 Å². The highest BCUT2D eigenvalue weighted by Gasteiger charge is 2.16. The van der Waals surface area contributed by atoms with E-state index in [1.165, 1.54) is 11.1 Å². The number of rotatable bonds is 9. The first kappa shape index (κ1) is 22.0. The highest BCUT2D eigenvalue weighted by atomic mass is 35.5. The normalized spacial score (nSPS) is 12.2. The first-order valence-corrected chi connectivity index (χ1v) is 10.4. The lowest BCUT2D eigenvalue weighted by Gasteiger charge is -2.25.